The molecule has 3 unspecified atom stereocenters. The molecule has 2 aliphatic heterocycles. The Labute approximate surface area is 162 Å². The number of aliphatic hydroxyl groups is 2. The van der Waals surface area contributed by atoms with Crippen LogP contribution in [0.25, 0.3) is 0 Å². The maximum atomic E-state index is 11.7. The van der Waals surface area contributed by atoms with E-state index in [4.69, 9.17) is 19.4 Å². The van der Waals surface area contributed by atoms with E-state index in [1.165, 1.54) is 0 Å². The summed E-state index contributed by atoms with van der Waals surface area (Å²) in [6.45, 7) is 2.58. The number of aliphatic hydroxyl groups excluding tert-OH is 2. The quantitative estimate of drug-likeness (QED) is 0.184. The molecule has 0 aromatic heterocycles. The van der Waals surface area contributed by atoms with Crippen molar-refractivity contribution >= 4 is 29.5 Å². The molecular formula is C10H17N2O14P3. The van der Waals surface area contributed by atoms with Crippen molar-refractivity contribution in [1.29, 1.82) is 0 Å². The first kappa shape index (κ1) is 24.3. The fraction of sp³-hybridized carbons (Fsp3) is 0.500. The van der Waals surface area contributed by atoms with Gasteiger partial charge in [0.15, 0.2) is 0 Å². The third-order valence-corrected chi connectivity index (χ3v) is 7.26. The molecule has 0 aromatic carbocycles. The Bertz CT molecular complexity index is 853. The Balaban J connectivity index is 2.01. The highest BCUT2D eigenvalue weighted by Gasteiger charge is 2.47. The molecule has 29 heavy (non-hydrogen) atoms. The third-order valence-electron chi connectivity index (χ3n) is 3.46. The molecule has 2 amide bonds. The molecule has 0 aliphatic carbocycles. The maximum Gasteiger partial charge on any atom is 0.490 e. The van der Waals surface area contributed by atoms with E-state index in [0.29, 0.717) is 0 Å². The minimum Gasteiger partial charge on any atom is -0.387 e. The van der Waals surface area contributed by atoms with Crippen molar-refractivity contribution in [3.05, 3.63) is 24.0 Å². The van der Waals surface area contributed by atoms with Gasteiger partial charge in [-0.3, -0.25) is 4.52 Å². The summed E-state index contributed by atoms with van der Waals surface area (Å²) in [5.74, 6) is 0. The number of ether oxygens (including phenoxy) is 1. The number of phosphoric ester groups is 1. The molecule has 0 aromatic rings. The number of hydrogen-bond donors (Lipinski definition) is 8. The largest absolute Gasteiger partial charge is 0.490 e. The number of phosphoric acid groups is 3. The van der Waals surface area contributed by atoms with E-state index < -0.39 is 60.5 Å². The van der Waals surface area contributed by atoms with Crippen molar-refractivity contribution in [3.8, 4) is 0 Å². The summed E-state index contributed by atoms with van der Waals surface area (Å²) in [6.07, 6.45) is -4.78. The molecule has 2 heterocycles. The maximum absolute atomic E-state index is 11.7. The minimum atomic E-state index is -5.70. The summed E-state index contributed by atoms with van der Waals surface area (Å²) in [6, 6.07) is -0.601. The van der Waals surface area contributed by atoms with Crippen molar-refractivity contribution in [2.45, 2.75) is 24.4 Å². The summed E-state index contributed by atoms with van der Waals surface area (Å²) in [5, 5.41) is 24.7. The number of carbonyl (C=O) groups is 1. The standard InChI is InChI=1S/C10H17N2O14P3/c1-4-5(2-11-10(15)12-4)9-8(14)7(13)6(24-9)3-23-28(19,20)26-29(21,22)25-27(16,17)18/h2,6-9,13-14H,1,3H2,(H,19,20)(H,21,22)(H2,11,12,15)(H2,16,17,18)/t6-,7+,8?,9+/m1/s1. The van der Waals surface area contributed by atoms with Crippen LogP contribution in [0.1, 0.15) is 0 Å². The molecule has 8 N–H and O–H groups in total. The van der Waals surface area contributed by atoms with Gasteiger partial charge >= 0.3 is 29.5 Å². The van der Waals surface area contributed by atoms with E-state index in [1.54, 1.807) is 0 Å². The minimum absolute atomic E-state index is 0.0542. The second kappa shape index (κ2) is 8.65. The molecule has 0 radical (unpaired) electrons. The normalized spacial score (nSPS) is 32.0. The van der Waals surface area contributed by atoms with Crippen molar-refractivity contribution in [2.75, 3.05) is 6.61 Å². The number of nitrogens with one attached hydrogen (secondary N) is 2. The van der Waals surface area contributed by atoms with E-state index in [-0.39, 0.29) is 11.3 Å². The highest BCUT2D eigenvalue weighted by molar-refractivity contribution is 7.66. The van der Waals surface area contributed by atoms with Gasteiger partial charge in [-0.15, -0.1) is 0 Å². The van der Waals surface area contributed by atoms with E-state index in [0.717, 1.165) is 6.20 Å². The Morgan fingerprint density at radius 1 is 1.07 bits per heavy atom. The van der Waals surface area contributed by atoms with Gasteiger partial charge in [0, 0.05) is 17.5 Å². The van der Waals surface area contributed by atoms with Gasteiger partial charge in [0.1, 0.15) is 24.4 Å². The summed E-state index contributed by atoms with van der Waals surface area (Å²) >= 11 is 0. The first-order chi connectivity index (χ1) is 13.1. The fourth-order valence-corrected chi connectivity index (χ4v) is 5.37. The van der Waals surface area contributed by atoms with Crippen LogP contribution in [0.4, 0.5) is 4.79 Å². The van der Waals surface area contributed by atoms with Gasteiger partial charge in [0.2, 0.25) is 0 Å². The van der Waals surface area contributed by atoms with Crippen molar-refractivity contribution in [3.63, 3.8) is 0 Å². The van der Waals surface area contributed by atoms with Crippen LogP contribution in [0, 0.1) is 0 Å². The first-order valence-corrected chi connectivity index (χ1v) is 11.9. The van der Waals surface area contributed by atoms with Crippen LogP contribution < -0.4 is 10.6 Å². The topological polar surface area (TPSA) is 251 Å². The van der Waals surface area contributed by atoms with E-state index >= 15 is 0 Å². The summed E-state index contributed by atoms with van der Waals surface area (Å²) < 4.78 is 50.3. The number of carbonyl (C=O) groups excluding carboxylic acids is 1. The zero-order chi connectivity index (χ0) is 22.2. The molecule has 166 valence electrons. The van der Waals surface area contributed by atoms with Crippen molar-refractivity contribution in [1.82, 2.24) is 10.6 Å². The zero-order valence-electron chi connectivity index (χ0n) is 14.1. The molecule has 16 nitrogen and oxygen atoms in total. The predicted octanol–water partition coefficient (Wildman–Crippen LogP) is -1.47. The Hall–Kier alpha value is -0.960. The fourth-order valence-electron chi connectivity index (χ4n) is 2.34. The summed E-state index contributed by atoms with van der Waals surface area (Å²) in [5.41, 5.74) is 0.204. The van der Waals surface area contributed by atoms with E-state index in [1.807, 2.05) is 0 Å². The Kier molecular flexibility index (Phi) is 7.25. The van der Waals surface area contributed by atoms with Gasteiger partial charge in [-0.05, 0) is 0 Å². The van der Waals surface area contributed by atoms with Crippen LogP contribution in [0.3, 0.4) is 0 Å². The van der Waals surface area contributed by atoms with Crippen LogP contribution in [0.15, 0.2) is 24.0 Å². The van der Waals surface area contributed by atoms with E-state index in [2.05, 4.69) is 30.4 Å². The van der Waals surface area contributed by atoms with Crippen LogP contribution >= 0.6 is 23.5 Å². The molecule has 6 atom stereocenters. The molecule has 1 saturated heterocycles. The number of amides is 2. The zero-order valence-corrected chi connectivity index (χ0v) is 16.8. The summed E-state index contributed by atoms with van der Waals surface area (Å²) in [4.78, 5) is 46.5. The first-order valence-electron chi connectivity index (χ1n) is 7.37. The molecule has 19 heteroatoms. The SMILES string of the molecule is C=C1NC(=O)NC=C1[C@@H]1O[C@H](COP(=O)(O)OP(=O)(O)OP(=O)(O)O)[C@H](O)C1O. The second-order valence-corrected chi connectivity index (χ2v) is 10.1. The van der Waals surface area contributed by atoms with Crippen molar-refractivity contribution < 1.29 is 66.2 Å². The number of hydrogen-bond acceptors (Lipinski definition) is 10. The Morgan fingerprint density at radius 2 is 1.69 bits per heavy atom. The second-order valence-electron chi connectivity index (χ2n) is 5.64. The average molecular weight is 482 g/mol. The molecule has 0 saturated carbocycles. The molecule has 0 bridgehead atoms. The van der Waals surface area contributed by atoms with E-state index in [9.17, 15) is 33.6 Å². The highest BCUT2D eigenvalue weighted by atomic mass is 31.3. The molecule has 1 fully saturated rings. The lowest BCUT2D eigenvalue weighted by Gasteiger charge is -2.24. The van der Waals surface area contributed by atoms with Gasteiger partial charge in [-0.1, -0.05) is 6.58 Å². The average Bonchev–Trinajstić information content (AvgIpc) is 2.78. The smallest absolute Gasteiger partial charge is 0.387 e. The molecule has 0 spiro atoms. The van der Waals surface area contributed by atoms with Gasteiger partial charge in [-0.2, -0.15) is 8.62 Å². The Morgan fingerprint density at radius 3 is 2.24 bits per heavy atom. The van der Waals surface area contributed by atoms with Crippen LogP contribution in [0.5, 0.6) is 0 Å². The lowest BCUT2D eigenvalue weighted by Crippen LogP contribution is -2.42. The third kappa shape index (κ3) is 6.77. The van der Waals surface area contributed by atoms with Crippen LogP contribution in [-0.4, -0.2) is 66.8 Å². The van der Waals surface area contributed by atoms with Gasteiger partial charge in [0.05, 0.1) is 6.61 Å². The highest BCUT2D eigenvalue weighted by Crippen LogP contribution is 2.66. The van der Waals surface area contributed by atoms with Crippen LogP contribution in [0.2, 0.25) is 0 Å². The summed E-state index contributed by atoms with van der Waals surface area (Å²) in [7, 11) is -16.7. The molecule has 2 aliphatic rings. The lowest BCUT2D eigenvalue weighted by molar-refractivity contribution is -0.0135. The van der Waals surface area contributed by atoms with Crippen LogP contribution in [-0.2, 0) is 31.6 Å². The predicted molar refractivity (Wildman–Crippen MR) is 89.4 cm³/mol. The van der Waals surface area contributed by atoms with Gasteiger partial charge in [-0.25, -0.2) is 18.5 Å². The lowest BCUT2D eigenvalue weighted by atomic mass is 10.00. The monoisotopic (exact) mass is 482 g/mol. The number of rotatable bonds is 8. The number of urea groups is 1. The molecule has 2 rings (SSSR count). The van der Waals surface area contributed by atoms with Gasteiger partial charge < -0.3 is 45.2 Å². The molecular weight excluding hydrogens is 465 g/mol. The van der Waals surface area contributed by atoms with Gasteiger partial charge in [0.25, 0.3) is 0 Å². The van der Waals surface area contributed by atoms with Crippen molar-refractivity contribution in [2.24, 2.45) is 0 Å².